The lowest BCUT2D eigenvalue weighted by Crippen LogP contribution is -2.21. The lowest BCUT2D eigenvalue weighted by Gasteiger charge is -2.12. The van der Waals surface area contributed by atoms with Gasteiger partial charge in [0.15, 0.2) is 6.61 Å². The Morgan fingerprint density at radius 2 is 2.08 bits per heavy atom. The van der Waals surface area contributed by atoms with E-state index in [0.29, 0.717) is 22.7 Å². The first-order chi connectivity index (χ1) is 12.5. The van der Waals surface area contributed by atoms with Crippen molar-refractivity contribution >= 4 is 33.4 Å². The minimum atomic E-state index is -0.563. The van der Waals surface area contributed by atoms with E-state index in [4.69, 9.17) is 10.5 Å². The van der Waals surface area contributed by atoms with Gasteiger partial charge in [-0.3, -0.25) is 9.59 Å². The SMILES string of the molecule is NC(=O)c1cccc(OCC(=O)Nc2cc(Br)ccc2-n2cncn2)c1. The molecule has 0 bridgehead atoms. The fourth-order valence-electron chi connectivity index (χ4n) is 2.22. The highest BCUT2D eigenvalue weighted by molar-refractivity contribution is 9.10. The smallest absolute Gasteiger partial charge is 0.262 e. The lowest BCUT2D eigenvalue weighted by molar-refractivity contribution is -0.118. The molecule has 26 heavy (non-hydrogen) atoms. The van der Waals surface area contributed by atoms with Gasteiger partial charge in [-0.2, -0.15) is 5.10 Å². The third kappa shape index (κ3) is 4.25. The van der Waals surface area contributed by atoms with Gasteiger partial charge >= 0.3 is 0 Å². The Bertz CT molecular complexity index is 943. The van der Waals surface area contributed by atoms with Crippen LogP contribution >= 0.6 is 15.9 Å². The monoisotopic (exact) mass is 415 g/mol. The zero-order valence-corrected chi connectivity index (χ0v) is 15.0. The molecule has 0 saturated carbocycles. The molecule has 0 atom stereocenters. The van der Waals surface area contributed by atoms with E-state index in [1.54, 1.807) is 35.0 Å². The van der Waals surface area contributed by atoms with Crippen molar-refractivity contribution in [1.29, 1.82) is 0 Å². The number of ether oxygens (including phenoxy) is 1. The van der Waals surface area contributed by atoms with E-state index in [0.717, 1.165) is 4.47 Å². The summed E-state index contributed by atoms with van der Waals surface area (Å²) in [5, 5.41) is 6.84. The van der Waals surface area contributed by atoms with Crippen LogP contribution in [0.1, 0.15) is 10.4 Å². The van der Waals surface area contributed by atoms with Crippen LogP contribution in [0.5, 0.6) is 5.75 Å². The largest absolute Gasteiger partial charge is 0.484 e. The van der Waals surface area contributed by atoms with E-state index >= 15 is 0 Å². The van der Waals surface area contributed by atoms with E-state index in [-0.39, 0.29) is 12.5 Å². The molecule has 0 aliphatic heterocycles. The molecule has 3 N–H and O–H groups in total. The number of anilines is 1. The van der Waals surface area contributed by atoms with E-state index in [1.807, 2.05) is 6.07 Å². The molecule has 3 rings (SSSR count). The van der Waals surface area contributed by atoms with Crippen LogP contribution in [0.15, 0.2) is 59.6 Å². The second-order valence-electron chi connectivity index (χ2n) is 5.23. The predicted octanol–water partition coefficient (Wildman–Crippen LogP) is 2.15. The number of nitrogens with zero attached hydrogens (tertiary/aromatic N) is 3. The number of hydrogen-bond acceptors (Lipinski definition) is 5. The van der Waals surface area contributed by atoms with E-state index in [1.165, 1.54) is 18.7 Å². The Hall–Kier alpha value is -3.20. The summed E-state index contributed by atoms with van der Waals surface area (Å²) in [6.07, 6.45) is 2.94. The molecule has 0 spiro atoms. The highest BCUT2D eigenvalue weighted by atomic mass is 79.9. The summed E-state index contributed by atoms with van der Waals surface area (Å²) in [6.45, 7) is -0.231. The van der Waals surface area contributed by atoms with Crippen molar-refractivity contribution in [2.45, 2.75) is 0 Å². The van der Waals surface area contributed by atoms with Crippen LogP contribution in [0.25, 0.3) is 5.69 Å². The van der Waals surface area contributed by atoms with Crippen LogP contribution < -0.4 is 15.8 Å². The Morgan fingerprint density at radius 1 is 1.23 bits per heavy atom. The summed E-state index contributed by atoms with van der Waals surface area (Å²) in [5.74, 6) is -0.553. The van der Waals surface area contributed by atoms with Gasteiger partial charge in [-0.15, -0.1) is 0 Å². The number of primary amides is 1. The van der Waals surface area contributed by atoms with Gasteiger partial charge in [-0.1, -0.05) is 22.0 Å². The zero-order valence-electron chi connectivity index (χ0n) is 13.4. The molecule has 0 aliphatic carbocycles. The number of aromatic nitrogens is 3. The number of nitrogens with one attached hydrogen (secondary N) is 1. The number of halogens is 1. The average molecular weight is 416 g/mol. The molecule has 1 aromatic heterocycles. The first-order valence-corrected chi connectivity index (χ1v) is 8.29. The maximum atomic E-state index is 12.2. The molecule has 2 aromatic carbocycles. The van der Waals surface area contributed by atoms with Crippen LogP contribution in [0.4, 0.5) is 5.69 Å². The first-order valence-electron chi connectivity index (χ1n) is 7.50. The third-order valence-electron chi connectivity index (χ3n) is 3.39. The van der Waals surface area contributed by atoms with Gasteiger partial charge in [-0.25, -0.2) is 9.67 Å². The molecule has 3 aromatic rings. The number of carbonyl (C=O) groups excluding carboxylic acids is 2. The maximum absolute atomic E-state index is 12.2. The molecule has 9 heteroatoms. The number of carbonyl (C=O) groups is 2. The van der Waals surface area contributed by atoms with Crippen LogP contribution in [0.3, 0.4) is 0 Å². The zero-order chi connectivity index (χ0) is 18.5. The van der Waals surface area contributed by atoms with Crippen LogP contribution in [0, 0.1) is 0 Å². The molecule has 0 unspecified atom stereocenters. The summed E-state index contributed by atoms with van der Waals surface area (Å²) < 4.78 is 7.76. The molecule has 2 amide bonds. The van der Waals surface area contributed by atoms with Crippen molar-refractivity contribution in [3.8, 4) is 11.4 Å². The number of nitrogens with two attached hydrogens (primary N) is 1. The molecule has 0 saturated heterocycles. The van der Waals surface area contributed by atoms with E-state index < -0.39 is 5.91 Å². The highest BCUT2D eigenvalue weighted by Gasteiger charge is 2.11. The highest BCUT2D eigenvalue weighted by Crippen LogP contribution is 2.24. The van der Waals surface area contributed by atoms with Crippen molar-refractivity contribution in [3.05, 3.63) is 65.2 Å². The Balaban J connectivity index is 1.70. The number of rotatable bonds is 6. The van der Waals surface area contributed by atoms with Gasteiger partial charge in [-0.05, 0) is 36.4 Å². The molecule has 1 heterocycles. The normalized spacial score (nSPS) is 10.3. The van der Waals surface area contributed by atoms with Gasteiger partial charge < -0.3 is 15.8 Å². The van der Waals surface area contributed by atoms with Crippen LogP contribution in [0.2, 0.25) is 0 Å². The van der Waals surface area contributed by atoms with Crippen molar-refractivity contribution in [3.63, 3.8) is 0 Å². The average Bonchev–Trinajstić information content (AvgIpc) is 3.15. The van der Waals surface area contributed by atoms with Gasteiger partial charge in [0.1, 0.15) is 18.4 Å². The predicted molar refractivity (Wildman–Crippen MR) is 98.1 cm³/mol. The van der Waals surface area contributed by atoms with E-state index in [9.17, 15) is 9.59 Å². The van der Waals surface area contributed by atoms with Crippen molar-refractivity contribution in [2.24, 2.45) is 5.73 Å². The second-order valence-corrected chi connectivity index (χ2v) is 6.15. The third-order valence-corrected chi connectivity index (χ3v) is 3.88. The molecular formula is C17H14BrN5O3. The van der Waals surface area contributed by atoms with Crippen LogP contribution in [-0.2, 0) is 4.79 Å². The van der Waals surface area contributed by atoms with Gasteiger partial charge in [0.2, 0.25) is 5.91 Å². The fourth-order valence-corrected chi connectivity index (χ4v) is 2.58. The minimum Gasteiger partial charge on any atom is -0.484 e. The molecule has 0 aliphatic rings. The quantitative estimate of drug-likeness (QED) is 0.640. The molecular weight excluding hydrogens is 402 g/mol. The molecule has 0 fully saturated rings. The Kier molecular flexibility index (Phi) is 5.28. The summed E-state index contributed by atoms with van der Waals surface area (Å²) >= 11 is 3.38. The summed E-state index contributed by atoms with van der Waals surface area (Å²) in [4.78, 5) is 27.3. The summed E-state index contributed by atoms with van der Waals surface area (Å²) in [5.41, 5.74) is 6.74. The number of hydrogen-bond donors (Lipinski definition) is 2. The van der Waals surface area contributed by atoms with Gasteiger partial charge in [0.25, 0.3) is 5.91 Å². The van der Waals surface area contributed by atoms with Crippen molar-refractivity contribution < 1.29 is 14.3 Å². The molecule has 132 valence electrons. The fraction of sp³-hybridized carbons (Fsp3) is 0.0588. The summed E-state index contributed by atoms with van der Waals surface area (Å²) in [7, 11) is 0. The molecule has 8 nitrogen and oxygen atoms in total. The minimum absolute atomic E-state index is 0.231. The topological polar surface area (TPSA) is 112 Å². The van der Waals surface area contributed by atoms with Crippen molar-refractivity contribution in [2.75, 3.05) is 11.9 Å². The van der Waals surface area contributed by atoms with Gasteiger partial charge in [0, 0.05) is 10.0 Å². The van der Waals surface area contributed by atoms with Crippen molar-refractivity contribution in [1.82, 2.24) is 14.8 Å². The second kappa shape index (κ2) is 7.79. The van der Waals surface area contributed by atoms with Crippen LogP contribution in [-0.4, -0.2) is 33.2 Å². The standard InChI is InChI=1S/C17H14BrN5O3/c18-12-4-5-15(23-10-20-9-21-23)14(7-12)22-16(24)8-26-13-3-1-2-11(6-13)17(19)25/h1-7,9-10H,8H2,(H2,19,25)(H,22,24). The van der Waals surface area contributed by atoms with E-state index in [2.05, 4.69) is 31.3 Å². The summed E-state index contributed by atoms with van der Waals surface area (Å²) in [6, 6.07) is 11.7. The Morgan fingerprint density at radius 3 is 2.81 bits per heavy atom. The van der Waals surface area contributed by atoms with Gasteiger partial charge in [0.05, 0.1) is 11.4 Å². The maximum Gasteiger partial charge on any atom is 0.262 e. The lowest BCUT2D eigenvalue weighted by atomic mass is 10.2. The Labute approximate surface area is 157 Å². The number of amides is 2. The first kappa shape index (κ1) is 17.6. The molecule has 0 radical (unpaired) electrons. The number of benzene rings is 2.